The van der Waals surface area contributed by atoms with Crippen LogP contribution in [0.15, 0.2) is 48.5 Å². The maximum Gasteiger partial charge on any atom is 0.313 e. The molecular formula is C19H19FN2O3. The SMILES string of the molecule is COC1(CNC(=O)C(=O)Nc2ccc(F)cc2)Cc2ccccc2C1. The van der Waals surface area contributed by atoms with E-state index in [1.807, 2.05) is 24.3 Å². The van der Waals surface area contributed by atoms with Crippen molar-refractivity contribution in [2.24, 2.45) is 0 Å². The summed E-state index contributed by atoms with van der Waals surface area (Å²) in [5.41, 5.74) is 2.19. The van der Waals surface area contributed by atoms with Crippen LogP contribution in [-0.2, 0) is 27.2 Å². The van der Waals surface area contributed by atoms with Crippen molar-refractivity contribution in [3.05, 3.63) is 65.5 Å². The molecule has 0 saturated carbocycles. The third-order valence-electron chi connectivity index (χ3n) is 4.46. The highest BCUT2D eigenvalue weighted by Crippen LogP contribution is 2.32. The Morgan fingerprint density at radius 1 is 1.04 bits per heavy atom. The van der Waals surface area contributed by atoms with Gasteiger partial charge in [-0.25, -0.2) is 4.39 Å². The van der Waals surface area contributed by atoms with Gasteiger partial charge in [0.1, 0.15) is 5.82 Å². The van der Waals surface area contributed by atoms with Gasteiger partial charge in [-0.3, -0.25) is 9.59 Å². The topological polar surface area (TPSA) is 67.4 Å². The van der Waals surface area contributed by atoms with E-state index in [-0.39, 0.29) is 6.54 Å². The van der Waals surface area contributed by atoms with Crippen LogP contribution < -0.4 is 10.6 Å². The largest absolute Gasteiger partial charge is 0.376 e. The molecule has 5 nitrogen and oxygen atoms in total. The number of fused-ring (bicyclic) bond motifs is 1. The van der Waals surface area contributed by atoms with E-state index < -0.39 is 23.2 Å². The first kappa shape index (κ1) is 17.1. The normalized spacial score (nSPS) is 14.6. The fourth-order valence-electron chi connectivity index (χ4n) is 3.04. The van der Waals surface area contributed by atoms with Crippen LogP contribution in [0.3, 0.4) is 0 Å². The summed E-state index contributed by atoms with van der Waals surface area (Å²) in [6.45, 7) is 0.230. The minimum absolute atomic E-state index is 0.230. The minimum atomic E-state index is -0.798. The molecule has 2 N–H and O–H groups in total. The molecule has 1 aliphatic carbocycles. The molecule has 25 heavy (non-hydrogen) atoms. The number of halogens is 1. The fraction of sp³-hybridized carbons (Fsp3) is 0.263. The number of hydrogen-bond acceptors (Lipinski definition) is 3. The molecule has 0 fully saturated rings. The standard InChI is InChI=1S/C19H19FN2O3/c1-25-19(10-13-4-2-3-5-14(13)11-19)12-21-17(23)18(24)22-16-8-6-15(20)7-9-16/h2-9H,10-12H2,1H3,(H,21,23)(H,22,24). The molecule has 0 aromatic heterocycles. The second-order valence-electron chi connectivity index (χ2n) is 6.15. The van der Waals surface area contributed by atoms with E-state index in [1.165, 1.54) is 35.4 Å². The van der Waals surface area contributed by atoms with Crippen LogP contribution in [0, 0.1) is 5.82 Å². The summed E-state index contributed by atoms with van der Waals surface area (Å²) in [6, 6.07) is 13.2. The number of rotatable bonds is 4. The minimum Gasteiger partial charge on any atom is -0.376 e. The van der Waals surface area contributed by atoms with Gasteiger partial charge in [0.15, 0.2) is 0 Å². The van der Waals surface area contributed by atoms with Crippen molar-refractivity contribution >= 4 is 17.5 Å². The number of carbonyl (C=O) groups is 2. The Bertz CT molecular complexity index is 765. The van der Waals surface area contributed by atoms with Gasteiger partial charge < -0.3 is 15.4 Å². The Morgan fingerprint density at radius 2 is 1.64 bits per heavy atom. The molecule has 1 aliphatic rings. The fourth-order valence-corrected chi connectivity index (χ4v) is 3.04. The molecular weight excluding hydrogens is 323 g/mol. The lowest BCUT2D eigenvalue weighted by atomic mass is 10.00. The molecule has 0 spiro atoms. The van der Waals surface area contributed by atoms with Gasteiger partial charge in [-0.05, 0) is 35.4 Å². The van der Waals surface area contributed by atoms with Crippen molar-refractivity contribution in [3.63, 3.8) is 0 Å². The van der Waals surface area contributed by atoms with E-state index >= 15 is 0 Å². The van der Waals surface area contributed by atoms with Crippen LogP contribution in [-0.4, -0.2) is 31.1 Å². The van der Waals surface area contributed by atoms with Crippen molar-refractivity contribution in [1.29, 1.82) is 0 Å². The number of benzene rings is 2. The van der Waals surface area contributed by atoms with Gasteiger partial charge in [0.25, 0.3) is 0 Å². The number of carbonyl (C=O) groups excluding carboxylic acids is 2. The average molecular weight is 342 g/mol. The molecule has 0 atom stereocenters. The molecule has 0 heterocycles. The third-order valence-corrected chi connectivity index (χ3v) is 4.46. The number of methoxy groups -OCH3 is 1. The number of amides is 2. The molecule has 0 bridgehead atoms. The number of anilines is 1. The average Bonchev–Trinajstić information content (AvgIpc) is 3.01. The molecule has 2 aromatic rings. The molecule has 0 unspecified atom stereocenters. The monoisotopic (exact) mass is 342 g/mol. The van der Waals surface area contributed by atoms with Gasteiger partial charge >= 0.3 is 11.8 Å². The van der Waals surface area contributed by atoms with E-state index in [9.17, 15) is 14.0 Å². The molecule has 0 radical (unpaired) electrons. The highest BCUT2D eigenvalue weighted by molar-refractivity contribution is 6.39. The van der Waals surface area contributed by atoms with E-state index in [2.05, 4.69) is 10.6 Å². The predicted molar refractivity (Wildman–Crippen MR) is 91.6 cm³/mol. The van der Waals surface area contributed by atoms with Gasteiger partial charge in [0.2, 0.25) is 0 Å². The van der Waals surface area contributed by atoms with Crippen LogP contribution in [0.1, 0.15) is 11.1 Å². The summed E-state index contributed by atoms with van der Waals surface area (Å²) < 4.78 is 18.5. The predicted octanol–water partition coefficient (Wildman–Crippen LogP) is 2.06. The van der Waals surface area contributed by atoms with Crippen LogP contribution in [0.5, 0.6) is 0 Å². The van der Waals surface area contributed by atoms with Crippen molar-refractivity contribution in [2.75, 3.05) is 19.0 Å². The second-order valence-corrected chi connectivity index (χ2v) is 6.15. The lowest BCUT2D eigenvalue weighted by molar-refractivity contribution is -0.137. The van der Waals surface area contributed by atoms with E-state index in [0.717, 1.165) is 0 Å². The zero-order valence-electron chi connectivity index (χ0n) is 13.8. The Hall–Kier alpha value is -2.73. The highest BCUT2D eigenvalue weighted by Gasteiger charge is 2.37. The Balaban J connectivity index is 1.58. The summed E-state index contributed by atoms with van der Waals surface area (Å²) in [6.07, 6.45) is 1.36. The molecule has 3 rings (SSSR count). The lowest BCUT2D eigenvalue weighted by Crippen LogP contribution is -2.48. The summed E-state index contributed by atoms with van der Waals surface area (Å²) in [7, 11) is 1.61. The Kier molecular flexibility index (Phi) is 4.81. The second kappa shape index (κ2) is 7.03. The molecule has 0 saturated heterocycles. The first-order valence-electron chi connectivity index (χ1n) is 7.98. The maximum absolute atomic E-state index is 12.9. The summed E-state index contributed by atoms with van der Waals surface area (Å²) in [5.74, 6) is -1.96. The van der Waals surface area contributed by atoms with Gasteiger partial charge in [-0.1, -0.05) is 24.3 Å². The number of ether oxygens (including phenoxy) is 1. The first-order valence-corrected chi connectivity index (χ1v) is 7.98. The van der Waals surface area contributed by atoms with E-state index in [4.69, 9.17) is 4.74 Å². The molecule has 2 aromatic carbocycles. The van der Waals surface area contributed by atoms with Crippen LogP contribution >= 0.6 is 0 Å². The summed E-state index contributed by atoms with van der Waals surface area (Å²) in [5, 5.41) is 5.07. The van der Waals surface area contributed by atoms with E-state index in [0.29, 0.717) is 18.5 Å². The summed E-state index contributed by atoms with van der Waals surface area (Å²) in [4.78, 5) is 24.0. The van der Waals surface area contributed by atoms with Crippen molar-refractivity contribution in [1.82, 2.24) is 5.32 Å². The molecule has 2 amide bonds. The number of hydrogen-bond donors (Lipinski definition) is 2. The maximum atomic E-state index is 12.9. The summed E-state index contributed by atoms with van der Waals surface area (Å²) >= 11 is 0. The highest BCUT2D eigenvalue weighted by atomic mass is 19.1. The number of nitrogens with one attached hydrogen (secondary N) is 2. The van der Waals surface area contributed by atoms with Gasteiger partial charge in [-0.15, -0.1) is 0 Å². The Morgan fingerprint density at radius 3 is 2.20 bits per heavy atom. The van der Waals surface area contributed by atoms with Crippen LogP contribution in [0.2, 0.25) is 0 Å². The smallest absolute Gasteiger partial charge is 0.313 e. The zero-order chi connectivity index (χ0) is 17.9. The lowest BCUT2D eigenvalue weighted by Gasteiger charge is -2.27. The van der Waals surface area contributed by atoms with Crippen molar-refractivity contribution in [2.45, 2.75) is 18.4 Å². The molecule has 6 heteroatoms. The Labute approximate surface area is 145 Å². The van der Waals surface area contributed by atoms with Gasteiger partial charge in [0.05, 0.1) is 5.60 Å². The van der Waals surface area contributed by atoms with Crippen molar-refractivity contribution in [3.8, 4) is 0 Å². The van der Waals surface area contributed by atoms with E-state index in [1.54, 1.807) is 7.11 Å². The van der Waals surface area contributed by atoms with Gasteiger partial charge in [-0.2, -0.15) is 0 Å². The van der Waals surface area contributed by atoms with Gasteiger partial charge in [0, 0.05) is 32.2 Å². The molecule has 130 valence electrons. The first-order chi connectivity index (χ1) is 12.0. The zero-order valence-corrected chi connectivity index (χ0v) is 13.8. The molecule has 0 aliphatic heterocycles. The third kappa shape index (κ3) is 3.85. The van der Waals surface area contributed by atoms with Crippen molar-refractivity contribution < 1.29 is 18.7 Å². The quantitative estimate of drug-likeness (QED) is 0.836. The van der Waals surface area contributed by atoms with Crippen LogP contribution in [0.25, 0.3) is 0 Å². The van der Waals surface area contributed by atoms with Crippen LogP contribution in [0.4, 0.5) is 10.1 Å².